The molecule has 2 atom stereocenters. The fourth-order valence-electron chi connectivity index (χ4n) is 6.56. The molecule has 0 radical (unpaired) electrons. The third-order valence-corrected chi connectivity index (χ3v) is 10.0. The van der Waals surface area contributed by atoms with Gasteiger partial charge in [0.05, 0.1) is 34.9 Å². The molecule has 10 nitrogen and oxygen atoms in total. The summed E-state index contributed by atoms with van der Waals surface area (Å²) in [6.45, 7) is 2.44. The summed E-state index contributed by atoms with van der Waals surface area (Å²) < 4.78 is 5.65. The van der Waals surface area contributed by atoms with Gasteiger partial charge in [0.25, 0.3) is 0 Å². The molecule has 2 aromatic heterocycles. The summed E-state index contributed by atoms with van der Waals surface area (Å²) in [6.07, 6.45) is 4.67. The fourth-order valence-corrected chi connectivity index (χ4v) is 7.22. The van der Waals surface area contributed by atoms with Gasteiger partial charge in [-0.2, -0.15) is 0 Å². The Bertz CT molecular complexity index is 2070. The van der Waals surface area contributed by atoms with Gasteiger partial charge in [0, 0.05) is 84.0 Å². The van der Waals surface area contributed by atoms with E-state index in [0.717, 1.165) is 57.1 Å². The molecule has 2 fully saturated rings. The number of pyridine rings is 1. The van der Waals surface area contributed by atoms with Crippen LogP contribution in [0.1, 0.15) is 37.1 Å². The Morgan fingerprint density at radius 3 is 2.08 bits per heavy atom. The van der Waals surface area contributed by atoms with Crippen LogP contribution in [0.5, 0.6) is 5.88 Å². The first-order valence-corrected chi connectivity index (χ1v) is 17.5. The third kappa shape index (κ3) is 7.44. The molecule has 0 spiro atoms. The van der Waals surface area contributed by atoms with Gasteiger partial charge in [-0.05, 0) is 36.6 Å². The molecule has 256 valence electrons. The van der Waals surface area contributed by atoms with Crippen molar-refractivity contribution in [2.24, 2.45) is 0 Å². The van der Waals surface area contributed by atoms with E-state index in [1.165, 1.54) is 0 Å². The first-order chi connectivity index (χ1) is 24.4. The molecule has 4 N–H and O–H groups in total. The minimum atomic E-state index is 0.101. The summed E-state index contributed by atoms with van der Waals surface area (Å²) in [5.41, 5.74) is 6.59. The SMILES string of the molecule is COc1nc(-c2cccc(-c3cccc(-c4ccc5nc(CNCC6CCC(=O)N6)ncc5c4)c3Cl)c2Cl)ccc1CNCC1CCC(=O)N1. The molecule has 2 saturated heterocycles. The maximum absolute atomic E-state index is 11.5. The summed E-state index contributed by atoms with van der Waals surface area (Å²) in [7, 11) is 1.60. The summed E-state index contributed by atoms with van der Waals surface area (Å²) in [6, 6.07) is 22.0. The fraction of sp³-hybridized carbons (Fsp3) is 0.289. The van der Waals surface area contributed by atoms with Crippen molar-refractivity contribution >= 4 is 45.9 Å². The predicted octanol–water partition coefficient (Wildman–Crippen LogP) is 6.08. The number of halogens is 2. The monoisotopic (exact) mass is 709 g/mol. The highest BCUT2D eigenvalue weighted by molar-refractivity contribution is 6.39. The van der Waals surface area contributed by atoms with Gasteiger partial charge in [0.15, 0.2) is 0 Å². The van der Waals surface area contributed by atoms with Gasteiger partial charge >= 0.3 is 0 Å². The second-order valence-electron chi connectivity index (χ2n) is 12.6. The number of carbonyl (C=O) groups is 2. The number of ether oxygens (including phenoxy) is 1. The lowest BCUT2D eigenvalue weighted by atomic mass is 9.96. The van der Waals surface area contributed by atoms with Crippen LogP contribution in [0.25, 0.3) is 44.4 Å². The van der Waals surface area contributed by atoms with Crippen molar-refractivity contribution in [3.8, 4) is 39.4 Å². The van der Waals surface area contributed by atoms with Gasteiger partial charge in [-0.15, -0.1) is 0 Å². The number of hydrogen-bond donors (Lipinski definition) is 4. The zero-order valence-electron chi connectivity index (χ0n) is 27.6. The number of aromatic nitrogens is 3. The molecule has 5 aromatic rings. The number of rotatable bonds is 12. The van der Waals surface area contributed by atoms with Crippen LogP contribution < -0.4 is 26.0 Å². The molecular formula is C38H37Cl2N7O3. The number of amides is 2. The molecule has 0 bridgehead atoms. The standard InChI is InChI=1S/C38H37Cl2N7O3/c1-50-38-23(17-41-19-25-10-14-34(48)44-25)9-13-32(47-38)30-7-3-6-29(37(30)40)28-5-2-4-27(36(28)39)22-8-12-31-24(16-22)18-43-33(46-31)21-42-20-26-11-15-35(49)45-26/h2-9,12-13,16,18,25-26,41-42H,10-11,14-15,17,19-21H2,1H3,(H,44,48)(H,45,49). The Balaban J connectivity index is 1.08. The van der Waals surface area contributed by atoms with E-state index in [9.17, 15) is 9.59 Å². The predicted molar refractivity (Wildman–Crippen MR) is 196 cm³/mol. The minimum absolute atomic E-state index is 0.101. The van der Waals surface area contributed by atoms with E-state index < -0.39 is 0 Å². The number of methoxy groups -OCH3 is 1. The van der Waals surface area contributed by atoms with E-state index in [4.69, 9.17) is 37.9 Å². The number of carbonyl (C=O) groups excluding carboxylic acids is 2. The van der Waals surface area contributed by atoms with E-state index in [1.807, 2.05) is 72.9 Å². The largest absolute Gasteiger partial charge is 0.481 e. The van der Waals surface area contributed by atoms with Gasteiger partial charge in [-0.3, -0.25) is 9.59 Å². The van der Waals surface area contributed by atoms with Crippen LogP contribution in [-0.2, 0) is 22.7 Å². The summed E-state index contributed by atoms with van der Waals surface area (Å²) in [5.74, 6) is 1.41. The molecule has 2 amide bonds. The Morgan fingerprint density at radius 2 is 1.42 bits per heavy atom. The van der Waals surface area contributed by atoms with Crippen LogP contribution in [0.3, 0.4) is 0 Å². The van der Waals surface area contributed by atoms with Gasteiger partial charge in [-0.1, -0.05) is 71.7 Å². The van der Waals surface area contributed by atoms with Crippen LogP contribution in [0.15, 0.2) is 72.9 Å². The second-order valence-corrected chi connectivity index (χ2v) is 13.4. The summed E-state index contributed by atoms with van der Waals surface area (Å²) >= 11 is 14.2. The number of hydrogen-bond acceptors (Lipinski definition) is 8. The number of benzene rings is 3. The van der Waals surface area contributed by atoms with E-state index in [-0.39, 0.29) is 23.9 Å². The third-order valence-electron chi connectivity index (χ3n) is 9.19. The van der Waals surface area contributed by atoms with E-state index in [2.05, 4.69) is 26.3 Å². The average Bonchev–Trinajstić information content (AvgIpc) is 3.75. The lowest BCUT2D eigenvalue weighted by Gasteiger charge is -2.16. The summed E-state index contributed by atoms with van der Waals surface area (Å²) in [5, 5.41) is 14.7. The Kier molecular flexibility index (Phi) is 10.2. The zero-order chi connectivity index (χ0) is 34.6. The van der Waals surface area contributed by atoms with Crippen LogP contribution in [0.4, 0.5) is 0 Å². The van der Waals surface area contributed by atoms with Crippen molar-refractivity contribution in [1.82, 2.24) is 36.2 Å². The lowest BCUT2D eigenvalue weighted by Crippen LogP contribution is -2.35. The maximum atomic E-state index is 11.5. The molecule has 0 saturated carbocycles. The lowest BCUT2D eigenvalue weighted by molar-refractivity contribution is -0.120. The smallest absolute Gasteiger partial charge is 0.220 e. The quantitative estimate of drug-likeness (QED) is 0.123. The van der Waals surface area contributed by atoms with Gasteiger partial charge in [-0.25, -0.2) is 15.0 Å². The Labute approximate surface area is 300 Å². The number of nitrogens with zero attached hydrogens (tertiary/aromatic N) is 3. The highest BCUT2D eigenvalue weighted by Gasteiger charge is 2.22. The normalized spacial score (nSPS) is 17.3. The molecule has 2 aliphatic heterocycles. The number of fused-ring (bicyclic) bond motifs is 1. The Hall–Kier alpha value is -4.61. The van der Waals surface area contributed by atoms with Crippen molar-refractivity contribution in [2.75, 3.05) is 20.2 Å². The first kappa shape index (κ1) is 33.9. The second kappa shape index (κ2) is 15.1. The van der Waals surface area contributed by atoms with Crippen LogP contribution in [0, 0.1) is 0 Å². The molecule has 0 aliphatic carbocycles. The molecule has 50 heavy (non-hydrogen) atoms. The molecule has 4 heterocycles. The maximum Gasteiger partial charge on any atom is 0.220 e. The zero-order valence-corrected chi connectivity index (χ0v) is 29.1. The van der Waals surface area contributed by atoms with Gasteiger partial charge in [0.2, 0.25) is 17.7 Å². The van der Waals surface area contributed by atoms with Crippen LogP contribution in [0.2, 0.25) is 10.0 Å². The number of nitrogens with one attached hydrogen (secondary N) is 4. The molecule has 3 aromatic carbocycles. The van der Waals surface area contributed by atoms with Crippen molar-refractivity contribution in [2.45, 2.75) is 50.9 Å². The van der Waals surface area contributed by atoms with Crippen molar-refractivity contribution in [3.63, 3.8) is 0 Å². The average molecular weight is 711 g/mol. The molecular weight excluding hydrogens is 673 g/mol. The molecule has 12 heteroatoms. The Morgan fingerprint density at radius 1 is 0.780 bits per heavy atom. The van der Waals surface area contributed by atoms with Gasteiger partial charge < -0.3 is 26.0 Å². The minimum Gasteiger partial charge on any atom is -0.481 e. The molecule has 2 aliphatic rings. The van der Waals surface area contributed by atoms with Crippen molar-refractivity contribution in [1.29, 1.82) is 0 Å². The van der Waals surface area contributed by atoms with E-state index in [0.29, 0.717) is 66.5 Å². The first-order valence-electron chi connectivity index (χ1n) is 16.7. The molecule has 7 rings (SSSR count). The van der Waals surface area contributed by atoms with Crippen LogP contribution in [-0.4, -0.2) is 59.0 Å². The van der Waals surface area contributed by atoms with E-state index in [1.54, 1.807) is 7.11 Å². The van der Waals surface area contributed by atoms with Crippen molar-refractivity contribution < 1.29 is 14.3 Å². The summed E-state index contributed by atoms with van der Waals surface area (Å²) in [4.78, 5) is 37.1. The molecule has 2 unspecified atom stereocenters. The van der Waals surface area contributed by atoms with Crippen LogP contribution >= 0.6 is 23.2 Å². The van der Waals surface area contributed by atoms with Crippen molar-refractivity contribution in [3.05, 3.63) is 94.4 Å². The van der Waals surface area contributed by atoms with E-state index >= 15 is 0 Å². The highest BCUT2D eigenvalue weighted by Crippen LogP contribution is 2.42. The van der Waals surface area contributed by atoms with Gasteiger partial charge in [0.1, 0.15) is 5.82 Å². The highest BCUT2D eigenvalue weighted by atomic mass is 35.5. The topological polar surface area (TPSA) is 130 Å².